The highest BCUT2D eigenvalue weighted by atomic mass is 32.1. The summed E-state index contributed by atoms with van der Waals surface area (Å²) < 4.78 is 5.60. The van der Waals surface area contributed by atoms with Crippen LogP contribution in [0.15, 0.2) is 47.4 Å². The van der Waals surface area contributed by atoms with Crippen LogP contribution in [0.4, 0.5) is 0 Å². The lowest BCUT2D eigenvalue weighted by molar-refractivity contribution is -0.141. The zero-order valence-corrected chi connectivity index (χ0v) is 18.0. The first-order chi connectivity index (χ1) is 14.6. The molecular weight excluding hydrogens is 398 g/mol. The number of ketones is 1. The van der Waals surface area contributed by atoms with E-state index in [2.05, 4.69) is 0 Å². The van der Waals surface area contributed by atoms with Crippen LogP contribution >= 0.6 is 11.3 Å². The number of ether oxygens (including phenoxy) is 1. The number of amides is 1. The van der Waals surface area contributed by atoms with Gasteiger partial charge in [0.25, 0.3) is 11.7 Å². The third-order valence-corrected chi connectivity index (χ3v) is 6.79. The Labute approximate surface area is 181 Å². The van der Waals surface area contributed by atoms with Gasteiger partial charge in [0.1, 0.15) is 11.5 Å². The van der Waals surface area contributed by atoms with Crippen LogP contribution in [0.25, 0.3) is 5.76 Å². The zero-order valence-electron chi connectivity index (χ0n) is 17.2. The Kier molecular flexibility index (Phi) is 6.23. The highest BCUT2D eigenvalue weighted by Crippen LogP contribution is 2.44. The van der Waals surface area contributed by atoms with Crippen molar-refractivity contribution in [3.05, 3.63) is 57.8 Å². The number of aliphatic hydroxyl groups is 1. The Morgan fingerprint density at radius 1 is 1.13 bits per heavy atom. The number of thiophene rings is 1. The van der Waals surface area contributed by atoms with Crippen LogP contribution in [0.5, 0.6) is 5.75 Å². The molecule has 2 aromatic rings. The Bertz CT molecular complexity index is 927. The molecular formula is C24H27NO4S. The number of rotatable bonds is 6. The number of carbonyl (C=O) groups is 2. The third-order valence-electron chi connectivity index (χ3n) is 5.86. The number of aliphatic hydroxyl groups excluding tert-OH is 1. The van der Waals surface area contributed by atoms with Gasteiger partial charge in [0.15, 0.2) is 0 Å². The summed E-state index contributed by atoms with van der Waals surface area (Å²) in [6, 6.07) is 10.4. The minimum absolute atomic E-state index is 0.0393. The molecule has 4 rings (SSSR count). The van der Waals surface area contributed by atoms with Gasteiger partial charge in [0, 0.05) is 16.5 Å². The van der Waals surface area contributed by atoms with Crippen molar-refractivity contribution < 1.29 is 19.4 Å². The van der Waals surface area contributed by atoms with Gasteiger partial charge in [-0.15, -0.1) is 11.3 Å². The summed E-state index contributed by atoms with van der Waals surface area (Å²) in [6.45, 7) is 2.66. The Morgan fingerprint density at radius 2 is 1.87 bits per heavy atom. The molecule has 1 aliphatic heterocycles. The van der Waals surface area contributed by atoms with Crippen LogP contribution in [-0.2, 0) is 9.59 Å². The van der Waals surface area contributed by atoms with E-state index in [4.69, 9.17) is 4.74 Å². The van der Waals surface area contributed by atoms with Gasteiger partial charge in [0.2, 0.25) is 0 Å². The molecule has 2 aliphatic rings. The summed E-state index contributed by atoms with van der Waals surface area (Å²) in [7, 11) is 0. The Morgan fingerprint density at radius 3 is 2.50 bits per heavy atom. The van der Waals surface area contributed by atoms with E-state index in [0.29, 0.717) is 17.9 Å². The molecule has 2 heterocycles. The highest BCUT2D eigenvalue weighted by molar-refractivity contribution is 7.10. The molecule has 1 saturated heterocycles. The first-order valence-electron chi connectivity index (χ1n) is 10.7. The van der Waals surface area contributed by atoms with Crippen LogP contribution in [0.3, 0.4) is 0 Å². The van der Waals surface area contributed by atoms with Crippen molar-refractivity contribution in [3.8, 4) is 5.75 Å². The topological polar surface area (TPSA) is 66.8 Å². The average Bonchev–Trinajstić information content (AvgIpc) is 3.40. The molecule has 1 atom stereocenters. The van der Waals surface area contributed by atoms with Gasteiger partial charge in [-0.05, 0) is 55.0 Å². The lowest BCUT2D eigenvalue weighted by Gasteiger charge is -2.34. The number of Topliss-reactive ketones (excluding diaryl/α,β-unsaturated/α-hetero) is 1. The van der Waals surface area contributed by atoms with E-state index in [1.807, 2.05) is 24.4 Å². The predicted octanol–water partition coefficient (Wildman–Crippen LogP) is 5.29. The fourth-order valence-corrected chi connectivity index (χ4v) is 5.23. The molecule has 1 unspecified atom stereocenters. The molecule has 1 saturated carbocycles. The number of nitrogens with zero attached hydrogens (tertiary/aromatic N) is 1. The summed E-state index contributed by atoms with van der Waals surface area (Å²) in [5, 5.41) is 13.0. The lowest BCUT2D eigenvalue weighted by atomic mass is 9.93. The first kappa shape index (κ1) is 20.7. The second-order valence-corrected chi connectivity index (χ2v) is 8.87. The minimum atomic E-state index is -0.595. The number of hydrogen-bond donors (Lipinski definition) is 1. The third kappa shape index (κ3) is 3.88. The van der Waals surface area contributed by atoms with Gasteiger partial charge in [-0.1, -0.05) is 32.3 Å². The van der Waals surface area contributed by atoms with Crippen molar-refractivity contribution >= 4 is 28.8 Å². The van der Waals surface area contributed by atoms with Gasteiger partial charge in [-0.25, -0.2) is 0 Å². The molecule has 0 bridgehead atoms. The van der Waals surface area contributed by atoms with Gasteiger partial charge in [-0.3, -0.25) is 9.59 Å². The van der Waals surface area contributed by atoms with E-state index >= 15 is 0 Å². The van der Waals surface area contributed by atoms with Crippen molar-refractivity contribution in [2.45, 2.75) is 57.5 Å². The molecule has 6 heteroatoms. The van der Waals surface area contributed by atoms with Crippen molar-refractivity contribution in [3.63, 3.8) is 0 Å². The summed E-state index contributed by atoms with van der Waals surface area (Å²) in [6.07, 6.45) is 5.99. The number of carbonyl (C=O) groups excluding carboxylic acids is 2. The zero-order chi connectivity index (χ0) is 21.1. The lowest BCUT2D eigenvalue weighted by Crippen LogP contribution is -2.40. The van der Waals surface area contributed by atoms with E-state index in [9.17, 15) is 14.7 Å². The molecule has 1 aliphatic carbocycles. The van der Waals surface area contributed by atoms with Gasteiger partial charge in [0.05, 0.1) is 18.2 Å². The van der Waals surface area contributed by atoms with Crippen LogP contribution in [0.2, 0.25) is 0 Å². The number of likely N-dealkylation sites (tertiary alicyclic amines) is 1. The quantitative estimate of drug-likeness (QED) is 0.388. The maximum Gasteiger partial charge on any atom is 0.295 e. The number of hydrogen-bond acceptors (Lipinski definition) is 5. The molecule has 158 valence electrons. The molecule has 1 aromatic carbocycles. The van der Waals surface area contributed by atoms with Gasteiger partial charge >= 0.3 is 0 Å². The molecule has 0 spiro atoms. The average molecular weight is 426 g/mol. The first-order valence-corrected chi connectivity index (χ1v) is 11.6. The molecule has 1 amide bonds. The van der Waals surface area contributed by atoms with E-state index in [0.717, 1.165) is 43.4 Å². The largest absolute Gasteiger partial charge is 0.507 e. The summed E-state index contributed by atoms with van der Waals surface area (Å²) in [5.74, 6) is -0.495. The molecule has 5 nitrogen and oxygen atoms in total. The van der Waals surface area contributed by atoms with Crippen molar-refractivity contribution in [1.82, 2.24) is 4.90 Å². The number of benzene rings is 1. The predicted molar refractivity (Wildman–Crippen MR) is 118 cm³/mol. The monoisotopic (exact) mass is 425 g/mol. The molecule has 0 radical (unpaired) electrons. The van der Waals surface area contributed by atoms with Crippen molar-refractivity contribution in [1.29, 1.82) is 0 Å². The fourth-order valence-electron chi connectivity index (χ4n) is 4.40. The van der Waals surface area contributed by atoms with Crippen LogP contribution in [0.1, 0.15) is 61.9 Å². The van der Waals surface area contributed by atoms with Crippen LogP contribution in [-0.4, -0.2) is 34.3 Å². The van der Waals surface area contributed by atoms with Crippen molar-refractivity contribution in [2.24, 2.45) is 0 Å². The minimum Gasteiger partial charge on any atom is -0.507 e. The van der Waals surface area contributed by atoms with E-state index in [1.165, 1.54) is 11.3 Å². The van der Waals surface area contributed by atoms with Gasteiger partial charge < -0.3 is 14.7 Å². The van der Waals surface area contributed by atoms with Crippen LogP contribution < -0.4 is 4.74 Å². The second-order valence-electron chi connectivity index (χ2n) is 7.89. The maximum atomic E-state index is 13.1. The fraction of sp³-hybridized carbons (Fsp3) is 0.417. The Hall–Kier alpha value is -2.60. The maximum absolute atomic E-state index is 13.1. The second kappa shape index (κ2) is 9.04. The van der Waals surface area contributed by atoms with E-state index < -0.39 is 17.7 Å². The summed E-state index contributed by atoms with van der Waals surface area (Å²) in [5.41, 5.74) is 0.706. The molecule has 2 fully saturated rings. The Balaban J connectivity index is 1.74. The summed E-state index contributed by atoms with van der Waals surface area (Å²) in [4.78, 5) is 28.7. The van der Waals surface area contributed by atoms with Gasteiger partial charge in [-0.2, -0.15) is 0 Å². The highest BCUT2D eigenvalue weighted by Gasteiger charge is 2.49. The molecule has 30 heavy (non-hydrogen) atoms. The van der Waals surface area contributed by atoms with E-state index in [1.54, 1.807) is 29.2 Å². The van der Waals surface area contributed by atoms with E-state index in [-0.39, 0.29) is 17.4 Å². The van der Waals surface area contributed by atoms with Crippen molar-refractivity contribution in [2.75, 3.05) is 6.61 Å². The smallest absolute Gasteiger partial charge is 0.295 e. The molecule has 1 aromatic heterocycles. The normalized spacial score (nSPS) is 21.9. The standard InChI is InChI=1S/C24H27NO4S/c1-2-14-29-18-12-10-16(11-13-18)22(26)20-21(19-9-6-15-30-19)25(24(28)23(20)27)17-7-4-3-5-8-17/h6,9-13,15,17,21,26H,2-5,7-8,14H2,1H3/b22-20-. The SMILES string of the molecule is CCCOc1ccc(/C(O)=C2/C(=O)C(=O)N(C3CCCCC3)C2c2cccs2)cc1. The summed E-state index contributed by atoms with van der Waals surface area (Å²) >= 11 is 1.51. The van der Waals surface area contributed by atoms with Crippen LogP contribution in [0, 0.1) is 0 Å². The molecule has 1 N–H and O–H groups in total.